The quantitative estimate of drug-likeness (QED) is 0.382. The molecule has 6 nitrogen and oxygen atoms in total. The molecule has 5 atom stereocenters. The fourth-order valence-corrected chi connectivity index (χ4v) is 4.13. The monoisotopic (exact) mass is 476 g/mol. The van der Waals surface area contributed by atoms with Gasteiger partial charge in [0.05, 0.1) is 25.9 Å². The van der Waals surface area contributed by atoms with Gasteiger partial charge in [-0.1, -0.05) is 91.0 Å². The van der Waals surface area contributed by atoms with E-state index in [1.165, 1.54) is 6.92 Å². The van der Waals surface area contributed by atoms with E-state index < -0.39 is 30.6 Å². The smallest absolute Gasteiger partial charge is 0.305 e. The fourth-order valence-electron chi connectivity index (χ4n) is 4.13. The second-order valence-electron chi connectivity index (χ2n) is 8.60. The molecule has 0 aromatic heterocycles. The molecule has 4 rings (SSSR count). The van der Waals surface area contributed by atoms with E-state index in [2.05, 4.69) is 0 Å². The molecule has 1 fully saturated rings. The van der Waals surface area contributed by atoms with E-state index in [1.807, 2.05) is 97.9 Å². The van der Waals surface area contributed by atoms with Crippen LogP contribution in [-0.4, -0.2) is 36.7 Å². The Bertz CT molecular complexity index is 1030. The highest BCUT2D eigenvalue weighted by Crippen LogP contribution is 2.31. The van der Waals surface area contributed by atoms with Gasteiger partial charge in [-0.25, -0.2) is 0 Å². The zero-order valence-corrected chi connectivity index (χ0v) is 20.1. The highest BCUT2D eigenvalue weighted by atomic mass is 16.7. The van der Waals surface area contributed by atoms with Crippen LogP contribution < -0.4 is 0 Å². The summed E-state index contributed by atoms with van der Waals surface area (Å²) in [4.78, 5) is 11.9. The van der Waals surface area contributed by atoms with Crippen LogP contribution in [0.15, 0.2) is 91.0 Å². The standard InChI is InChI=1S/C29H32O6/c1-21-26(31-18-23-12-6-3-7-13-23)27(32-19-24-14-8-4-9-15-24)28(29(34-21)35-22(2)30)33-20-25-16-10-5-11-17-25/h3-17,21,26-29H,18-20H2,1-2H3/t21-,26-,27+,28+,29-/m0/s1. The maximum atomic E-state index is 11.9. The minimum absolute atomic E-state index is 0.317. The summed E-state index contributed by atoms with van der Waals surface area (Å²) < 4.78 is 30.7. The molecule has 1 saturated heterocycles. The summed E-state index contributed by atoms with van der Waals surface area (Å²) in [6, 6.07) is 29.7. The average Bonchev–Trinajstić information content (AvgIpc) is 2.88. The molecule has 0 spiro atoms. The number of rotatable bonds is 10. The van der Waals surface area contributed by atoms with Crippen molar-refractivity contribution in [3.05, 3.63) is 108 Å². The average molecular weight is 477 g/mol. The van der Waals surface area contributed by atoms with Crippen LogP contribution >= 0.6 is 0 Å². The first-order chi connectivity index (χ1) is 17.1. The molecule has 1 heterocycles. The Morgan fingerprint density at radius 2 is 1.06 bits per heavy atom. The molecule has 184 valence electrons. The van der Waals surface area contributed by atoms with Gasteiger partial charge in [0.2, 0.25) is 6.29 Å². The molecule has 0 aliphatic carbocycles. The lowest BCUT2D eigenvalue weighted by Crippen LogP contribution is -2.60. The zero-order chi connectivity index (χ0) is 24.5. The molecule has 0 radical (unpaired) electrons. The van der Waals surface area contributed by atoms with E-state index in [0.29, 0.717) is 19.8 Å². The third kappa shape index (κ3) is 7.23. The molecule has 0 bridgehead atoms. The van der Waals surface area contributed by atoms with E-state index in [0.717, 1.165) is 16.7 Å². The lowest BCUT2D eigenvalue weighted by Gasteiger charge is -2.44. The Balaban J connectivity index is 1.57. The van der Waals surface area contributed by atoms with Crippen molar-refractivity contribution in [2.24, 2.45) is 0 Å². The van der Waals surface area contributed by atoms with Crippen molar-refractivity contribution in [1.29, 1.82) is 0 Å². The molecular weight excluding hydrogens is 444 g/mol. The first-order valence-corrected chi connectivity index (χ1v) is 11.9. The molecule has 6 heteroatoms. The lowest BCUT2D eigenvalue weighted by molar-refractivity contribution is -0.311. The van der Waals surface area contributed by atoms with Crippen LogP contribution in [0.2, 0.25) is 0 Å². The van der Waals surface area contributed by atoms with Crippen LogP contribution in [0.5, 0.6) is 0 Å². The molecule has 3 aromatic rings. The van der Waals surface area contributed by atoms with Crippen LogP contribution in [0.1, 0.15) is 30.5 Å². The molecule has 0 amide bonds. The summed E-state index contributed by atoms with van der Waals surface area (Å²) in [7, 11) is 0. The Labute approximate surface area is 206 Å². The van der Waals surface area contributed by atoms with Gasteiger partial charge in [-0.3, -0.25) is 4.79 Å². The lowest BCUT2D eigenvalue weighted by atomic mass is 9.98. The third-order valence-corrected chi connectivity index (χ3v) is 5.87. The normalized spacial score (nSPS) is 24.1. The largest absolute Gasteiger partial charge is 0.433 e. The summed E-state index contributed by atoms with van der Waals surface area (Å²) in [5.74, 6) is -0.444. The van der Waals surface area contributed by atoms with E-state index in [1.54, 1.807) is 0 Å². The highest BCUT2D eigenvalue weighted by molar-refractivity contribution is 5.66. The number of carbonyl (C=O) groups is 1. The SMILES string of the molecule is CC(=O)O[C@@H]1O[C@@H](C)[C@H](OCc2ccccc2)[C@@H](OCc2ccccc2)[C@H]1OCc1ccccc1. The van der Waals surface area contributed by atoms with Crippen molar-refractivity contribution in [1.82, 2.24) is 0 Å². The zero-order valence-electron chi connectivity index (χ0n) is 20.1. The minimum atomic E-state index is -0.913. The Morgan fingerprint density at radius 1 is 0.657 bits per heavy atom. The van der Waals surface area contributed by atoms with Crippen molar-refractivity contribution in [2.45, 2.75) is 64.4 Å². The first-order valence-electron chi connectivity index (χ1n) is 11.9. The van der Waals surface area contributed by atoms with Gasteiger partial charge in [0, 0.05) is 6.92 Å². The third-order valence-electron chi connectivity index (χ3n) is 5.87. The number of carbonyl (C=O) groups excluding carboxylic acids is 1. The number of hydrogen-bond donors (Lipinski definition) is 0. The second kappa shape index (κ2) is 12.6. The molecule has 0 unspecified atom stereocenters. The highest BCUT2D eigenvalue weighted by Gasteiger charge is 2.48. The van der Waals surface area contributed by atoms with Crippen molar-refractivity contribution < 1.29 is 28.5 Å². The molecule has 0 N–H and O–H groups in total. The molecule has 1 aliphatic heterocycles. The van der Waals surface area contributed by atoms with Gasteiger partial charge < -0.3 is 23.7 Å². The summed E-state index contributed by atoms with van der Waals surface area (Å²) in [5, 5.41) is 0. The molecule has 35 heavy (non-hydrogen) atoms. The second-order valence-corrected chi connectivity index (χ2v) is 8.60. The fraction of sp³-hybridized carbons (Fsp3) is 0.345. The Kier molecular flexibility index (Phi) is 9.03. The Hall–Kier alpha value is -3.03. The first kappa shape index (κ1) is 25.1. The topological polar surface area (TPSA) is 63.2 Å². The maximum absolute atomic E-state index is 11.9. The number of esters is 1. The molecular formula is C29H32O6. The van der Waals surface area contributed by atoms with E-state index >= 15 is 0 Å². The maximum Gasteiger partial charge on any atom is 0.305 e. The van der Waals surface area contributed by atoms with Gasteiger partial charge in [-0.2, -0.15) is 0 Å². The summed E-state index contributed by atoms with van der Waals surface area (Å²) >= 11 is 0. The van der Waals surface area contributed by atoms with Crippen LogP contribution in [0.3, 0.4) is 0 Å². The van der Waals surface area contributed by atoms with Crippen LogP contribution in [0, 0.1) is 0 Å². The minimum Gasteiger partial charge on any atom is -0.433 e. The number of ether oxygens (including phenoxy) is 5. The van der Waals surface area contributed by atoms with Crippen molar-refractivity contribution in [3.8, 4) is 0 Å². The van der Waals surface area contributed by atoms with Crippen LogP contribution in [-0.2, 0) is 48.3 Å². The summed E-state index contributed by atoms with van der Waals surface area (Å²) in [6.45, 7) is 4.34. The Morgan fingerprint density at radius 3 is 1.49 bits per heavy atom. The van der Waals surface area contributed by atoms with E-state index in [9.17, 15) is 4.79 Å². The summed E-state index contributed by atoms with van der Waals surface area (Å²) in [5.41, 5.74) is 3.07. The predicted molar refractivity (Wildman–Crippen MR) is 131 cm³/mol. The van der Waals surface area contributed by atoms with Gasteiger partial charge in [-0.15, -0.1) is 0 Å². The van der Waals surface area contributed by atoms with Gasteiger partial charge >= 0.3 is 5.97 Å². The van der Waals surface area contributed by atoms with Crippen molar-refractivity contribution in [2.75, 3.05) is 0 Å². The van der Waals surface area contributed by atoms with Crippen molar-refractivity contribution in [3.63, 3.8) is 0 Å². The number of hydrogen-bond acceptors (Lipinski definition) is 6. The van der Waals surface area contributed by atoms with E-state index in [-0.39, 0.29) is 6.10 Å². The van der Waals surface area contributed by atoms with Crippen LogP contribution in [0.25, 0.3) is 0 Å². The number of benzene rings is 3. The van der Waals surface area contributed by atoms with Gasteiger partial charge in [-0.05, 0) is 23.6 Å². The molecule has 0 saturated carbocycles. The predicted octanol–water partition coefficient (Wildman–Crippen LogP) is 5.05. The van der Waals surface area contributed by atoms with Gasteiger partial charge in [0.15, 0.2) is 0 Å². The van der Waals surface area contributed by atoms with Gasteiger partial charge in [0.25, 0.3) is 0 Å². The summed E-state index contributed by atoms with van der Waals surface area (Å²) in [6.07, 6.45) is -2.95. The van der Waals surface area contributed by atoms with E-state index in [4.69, 9.17) is 23.7 Å². The molecule has 3 aromatic carbocycles. The molecule has 1 aliphatic rings. The van der Waals surface area contributed by atoms with Crippen LogP contribution in [0.4, 0.5) is 0 Å². The van der Waals surface area contributed by atoms with Gasteiger partial charge in [0.1, 0.15) is 18.3 Å². The van der Waals surface area contributed by atoms with Crippen molar-refractivity contribution >= 4 is 5.97 Å².